The maximum Gasteiger partial charge on any atom is 0.234 e. The van der Waals surface area contributed by atoms with Crippen LogP contribution in [0.5, 0.6) is 11.5 Å². The summed E-state index contributed by atoms with van der Waals surface area (Å²) in [5, 5.41) is 3.05. The van der Waals surface area contributed by atoms with Crippen LogP contribution in [0, 0.1) is 5.41 Å². The van der Waals surface area contributed by atoms with Crippen molar-refractivity contribution in [3.8, 4) is 11.5 Å². The molecule has 1 aliphatic rings. The molecule has 1 aliphatic heterocycles. The monoisotopic (exact) mass is 335 g/mol. The lowest BCUT2D eigenvalue weighted by Gasteiger charge is -2.23. The molecule has 1 fully saturated rings. The van der Waals surface area contributed by atoms with Gasteiger partial charge in [-0.15, -0.1) is 0 Å². The maximum atomic E-state index is 12.4. The molecule has 2 unspecified atom stereocenters. The summed E-state index contributed by atoms with van der Waals surface area (Å²) in [6.45, 7) is 6.96. The standard InChI is InChI=1S/C18H29N3O3/c1-13(15-9-14(23-3)5-6-16(15)24-4)20-17(22)10-21-8-7-18(2,11-19)12-21/h5-6,9,13H,7-8,10-12,19H2,1-4H3,(H,20,22). The summed E-state index contributed by atoms with van der Waals surface area (Å²) in [6.07, 6.45) is 1.04. The summed E-state index contributed by atoms with van der Waals surface area (Å²) in [5.74, 6) is 1.49. The number of amides is 1. The van der Waals surface area contributed by atoms with E-state index in [1.54, 1.807) is 14.2 Å². The Kier molecular flexibility index (Phi) is 6.07. The SMILES string of the molecule is COc1ccc(OC)c(C(C)NC(=O)CN2CCC(C)(CN)C2)c1. The number of carbonyl (C=O) groups excluding carboxylic acids is 1. The molecule has 0 aromatic heterocycles. The smallest absolute Gasteiger partial charge is 0.234 e. The predicted molar refractivity (Wildman–Crippen MR) is 94.3 cm³/mol. The second-order valence-electron chi connectivity index (χ2n) is 6.87. The Morgan fingerprint density at radius 2 is 2.17 bits per heavy atom. The van der Waals surface area contributed by atoms with Gasteiger partial charge in [0.1, 0.15) is 11.5 Å². The normalized spacial score (nSPS) is 22.2. The second kappa shape index (κ2) is 7.85. The van der Waals surface area contributed by atoms with Crippen molar-refractivity contribution in [2.75, 3.05) is 40.4 Å². The minimum Gasteiger partial charge on any atom is -0.497 e. The van der Waals surface area contributed by atoms with Crippen molar-refractivity contribution < 1.29 is 14.3 Å². The van der Waals surface area contributed by atoms with Crippen molar-refractivity contribution in [2.45, 2.75) is 26.3 Å². The van der Waals surface area contributed by atoms with Crippen LogP contribution in [0.1, 0.15) is 31.9 Å². The Labute approximate surface area is 144 Å². The number of rotatable bonds is 7. The average Bonchev–Trinajstić information content (AvgIpc) is 2.95. The molecular weight excluding hydrogens is 306 g/mol. The number of hydrogen-bond donors (Lipinski definition) is 2. The third kappa shape index (κ3) is 4.39. The fourth-order valence-electron chi connectivity index (χ4n) is 3.17. The summed E-state index contributed by atoms with van der Waals surface area (Å²) in [5.41, 5.74) is 6.85. The largest absolute Gasteiger partial charge is 0.497 e. The molecule has 1 amide bonds. The van der Waals surface area contributed by atoms with Crippen LogP contribution >= 0.6 is 0 Å². The van der Waals surface area contributed by atoms with Crippen LogP contribution in [0.25, 0.3) is 0 Å². The summed E-state index contributed by atoms with van der Waals surface area (Å²) < 4.78 is 10.7. The zero-order valence-electron chi connectivity index (χ0n) is 15.1. The van der Waals surface area contributed by atoms with Crippen LogP contribution in [-0.2, 0) is 4.79 Å². The molecule has 2 rings (SSSR count). The third-order valence-electron chi connectivity index (χ3n) is 4.78. The Morgan fingerprint density at radius 1 is 1.42 bits per heavy atom. The van der Waals surface area contributed by atoms with Crippen LogP contribution in [0.15, 0.2) is 18.2 Å². The molecule has 134 valence electrons. The highest BCUT2D eigenvalue weighted by Gasteiger charge is 2.33. The number of hydrogen-bond acceptors (Lipinski definition) is 5. The molecule has 1 aromatic carbocycles. The zero-order chi connectivity index (χ0) is 17.7. The minimum absolute atomic E-state index is 0.00800. The molecule has 24 heavy (non-hydrogen) atoms. The lowest BCUT2D eigenvalue weighted by atomic mass is 9.90. The van der Waals surface area contributed by atoms with E-state index in [0.717, 1.165) is 36.6 Å². The van der Waals surface area contributed by atoms with Crippen molar-refractivity contribution in [1.29, 1.82) is 0 Å². The number of methoxy groups -OCH3 is 2. The first-order valence-corrected chi connectivity index (χ1v) is 8.34. The van der Waals surface area contributed by atoms with Gasteiger partial charge in [0.2, 0.25) is 5.91 Å². The number of nitrogens with one attached hydrogen (secondary N) is 1. The number of nitrogens with two attached hydrogens (primary N) is 1. The maximum absolute atomic E-state index is 12.4. The van der Waals surface area contributed by atoms with Crippen molar-refractivity contribution in [1.82, 2.24) is 10.2 Å². The van der Waals surface area contributed by atoms with E-state index in [1.807, 2.05) is 25.1 Å². The van der Waals surface area contributed by atoms with Crippen LogP contribution in [-0.4, -0.2) is 51.2 Å². The van der Waals surface area contributed by atoms with Gasteiger partial charge in [-0.1, -0.05) is 6.92 Å². The van der Waals surface area contributed by atoms with E-state index in [0.29, 0.717) is 13.1 Å². The molecule has 2 atom stereocenters. The van der Waals surface area contributed by atoms with Crippen molar-refractivity contribution in [2.24, 2.45) is 11.1 Å². The topological polar surface area (TPSA) is 76.8 Å². The fraction of sp³-hybridized carbons (Fsp3) is 0.611. The van der Waals surface area contributed by atoms with Crippen molar-refractivity contribution in [3.05, 3.63) is 23.8 Å². The zero-order valence-corrected chi connectivity index (χ0v) is 15.1. The lowest BCUT2D eigenvalue weighted by molar-refractivity contribution is -0.122. The third-order valence-corrected chi connectivity index (χ3v) is 4.78. The van der Waals surface area contributed by atoms with Crippen LogP contribution in [0.4, 0.5) is 0 Å². The minimum atomic E-state index is -0.161. The number of benzene rings is 1. The van der Waals surface area contributed by atoms with E-state index in [-0.39, 0.29) is 17.4 Å². The number of nitrogens with zero attached hydrogens (tertiary/aromatic N) is 1. The lowest BCUT2D eigenvalue weighted by Crippen LogP contribution is -2.39. The summed E-state index contributed by atoms with van der Waals surface area (Å²) in [4.78, 5) is 14.5. The Morgan fingerprint density at radius 3 is 2.75 bits per heavy atom. The van der Waals surface area contributed by atoms with E-state index in [9.17, 15) is 4.79 Å². The quantitative estimate of drug-likeness (QED) is 0.791. The number of carbonyl (C=O) groups is 1. The van der Waals surface area contributed by atoms with E-state index in [4.69, 9.17) is 15.2 Å². The first kappa shape index (κ1) is 18.5. The van der Waals surface area contributed by atoms with Gasteiger partial charge in [0.25, 0.3) is 0 Å². The first-order chi connectivity index (χ1) is 11.4. The highest BCUT2D eigenvalue weighted by Crippen LogP contribution is 2.30. The molecule has 0 saturated carbocycles. The van der Waals surface area contributed by atoms with Crippen LogP contribution in [0.2, 0.25) is 0 Å². The molecule has 0 radical (unpaired) electrons. The molecule has 0 bridgehead atoms. The van der Waals surface area contributed by atoms with Gasteiger partial charge in [-0.05, 0) is 50.0 Å². The number of ether oxygens (including phenoxy) is 2. The van der Waals surface area contributed by atoms with E-state index < -0.39 is 0 Å². The van der Waals surface area contributed by atoms with Gasteiger partial charge in [-0.2, -0.15) is 0 Å². The fourth-order valence-corrected chi connectivity index (χ4v) is 3.17. The summed E-state index contributed by atoms with van der Waals surface area (Å²) in [7, 11) is 3.24. The van der Waals surface area contributed by atoms with Gasteiger partial charge in [0.15, 0.2) is 0 Å². The number of likely N-dealkylation sites (tertiary alicyclic amines) is 1. The second-order valence-corrected chi connectivity index (χ2v) is 6.87. The molecule has 6 heteroatoms. The van der Waals surface area contributed by atoms with Crippen LogP contribution in [0.3, 0.4) is 0 Å². The molecule has 0 spiro atoms. The Bertz CT molecular complexity index is 579. The van der Waals surface area contributed by atoms with Gasteiger partial charge >= 0.3 is 0 Å². The van der Waals surface area contributed by atoms with E-state index in [2.05, 4.69) is 17.1 Å². The highest BCUT2D eigenvalue weighted by atomic mass is 16.5. The molecule has 1 saturated heterocycles. The Balaban J connectivity index is 1.97. The summed E-state index contributed by atoms with van der Waals surface area (Å²) >= 11 is 0. The Hall–Kier alpha value is -1.79. The van der Waals surface area contributed by atoms with Gasteiger partial charge in [-0.25, -0.2) is 0 Å². The average molecular weight is 335 g/mol. The van der Waals surface area contributed by atoms with E-state index >= 15 is 0 Å². The van der Waals surface area contributed by atoms with Gasteiger partial charge in [0.05, 0.1) is 26.8 Å². The molecule has 1 heterocycles. The predicted octanol–water partition coefficient (Wildman–Crippen LogP) is 1.55. The molecule has 1 aromatic rings. The van der Waals surface area contributed by atoms with Gasteiger partial charge in [0, 0.05) is 12.1 Å². The molecule has 3 N–H and O–H groups in total. The van der Waals surface area contributed by atoms with Crippen molar-refractivity contribution in [3.63, 3.8) is 0 Å². The van der Waals surface area contributed by atoms with Crippen LogP contribution < -0.4 is 20.5 Å². The summed E-state index contributed by atoms with van der Waals surface area (Å²) in [6, 6.07) is 5.43. The van der Waals surface area contributed by atoms with E-state index in [1.165, 1.54) is 0 Å². The first-order valence-electron chi connectivity index (χ1n) is 8.34. The van der Waals surface area contributed by atoms with Gasteiger partial charge < -0.3 is 20.5 Å². The molecule has 0 aliphatic carbocycles. The highest BCUT2D eigenvalue weighted by molar-refractivity contribution is 5.78. The molecular formula is C18H29N3O3. The van der Waals surface area contributed by atoms with Gasteiger partial charge in [-0.3, -0.25) is 9.69 Å². The molecule has 6 nitrogen and oxygen atoms in total. The van der Waals surface area contributed by atoms with Crippen molar-refractivity contribution >= 4 is 5.91 Å².